The van der Waals surface area contributed by atoms with Gasteiger partial charge in [-0.3, -0.25) is 4.79 Å². The minimum atomic E-state index is -0.137. The lowest BCUT2D eigenvalue weighted by molar-refractivity contribution is 0.0935. The molecule has 2 N–H and O–H groups in total. The Labute approximate surface area is 103 Å². The molecule has 17 heavy (non-hydrogen) atoms. The van der Waals surface area contributed by atoms with Crippen molar-refractivity contribution in [3.63, 3.8) is 0 Å². The van der Waals surface area contributed by atoms with Crippen LogP contribution in [-0.2, 0) is 0 Å². The Morgan fingerprint density at radius 2 is 2.06 bits per heavy atom. The van der Waals surface area contributed by atoms with Crippen molar-refractivity contribution in [2.45, 2.75) is 34.1 Å². The van der Waals surface area contributed by atoms with E-state index in [-0.39, 0.29) is 17.1 Å². The van der Waals surface area contributed by atoms with Crippen molar-refractivity contribution in [3.8, 4) is 5.75 Å². The molecule has 0 saturated heterocycles. The summed E-state index contributed by atoms with van der Waals surface area (Å²) >= 11 is 0. The first-order valence-electron chi connectivity index (χ1n) is 5.93. The van der Waals surface area contributed by atoms with Gasteiger partial charge in [0, 0.05) is 12.1 Å². The number of carbonyl (C=O) groups is 1. The highest BCUT2D eigenvalue weighted by molar-refractivity contribution is 5.94. The maximum Gasteiger partial charge on any atom is 0.251 e. The van der Waals surface area contributed by atoms with Crippen LogP contribution in [-0.4, -0.2) is 17.6 Å². The molecule has 1 aromatic carbocycles. The van der Waals surface area contributed by atoms with Crippen molar-refractivity contribution in [3.05, 3.63) is 29.3 Å². The zero-order chi connectivity index (χ0) is 13.1. The summed E-state index contributed by atoms with van der Waals surface area (Å²) in [4.78, 5) is 11.8. The van der Waals surface area contributed by atoms with Gasteiger partial charge < -0.3 is 10.4 Å². The van der Waals surface area contributed by atoms with Gasteiger partial charge in [-0.15, -0.1) is 0 Å². The number of benzene rings is 1. The highest BCUT2D eigenvalue weighted by atomic mass is 16.3. The molecule has 0 atom stereocenters. The summed E-state index contributed by atoms with van der Waals surface area (Å²) in [5.41, 5.74) is 1.37. The second kappa shape index (κ2) is 5.21. The molecule has 0 aliphatic carbocycles. The summed E-state index contributed by atoms with van der Waals surface area (Å²) in [5, 5.41) is 12.4. The normalized spacial score (nSPS) is 11.3. The van der Waals surface area contributed by atoms with E-state index in [9.17, 15) is 9.90 Å². The van der Waals surface area contributed by atoms with Gasteiger partial charge >= 0.3 is 0 Å². The van der Waals surface area contributed by atoms with Gasteiger partial charge in [-0.25, -0.2) is 0 Å². The predicted octanol–water partition coefficient (Wildman–Crippen LogP) is 2.87. The van der Waals surface area contributed by atoms with Crippen molar-refractivity contribution >= 4 is 5.91 Å². The van der Waals surface area contributed by atoms with E-state index in [4.69, 9.17) is 0 Å². The van der Waals surface area contributed by atoms with Gasteiger partial charge in [-0.1, -0.05) is 26.8 Å². The van der Waals surface area contributed by atoms with E-state index in [1.54, 1.807) is 19.1 Å². The van der Waals surface area contributed by atoms with Crippen molar-refractivity contribution in [2.75, 3.05) is 6.54 Å². The van der Waals surface area contributed by atoms with Crippen LogP contribution in [0.5, 0.6) is 5.75 Å². The first-order chi connectivity index (χ1) is 7.85. The van der Waals surface area contributed by atoms with E-state index in [0.717, 1.165) is 12.0 Å². The van der Waals surface area contributed by atoms with Crippen LogP contribution in [0.3, 0.4) is 0 Å². The predicted molar refractivity (Wildman–Crippen MR) is 69.2 cm³/mol. The molecule has 3 heteroatoms. The quantitative estimate of drug-likeness (QED) is 0.843. The molecule has 1 aromatic rings. The SMILES string of the molecule is CCC(C)(C)CNC(=O)c1ccc(C)c(O)c1. The fraction of sp³-hybridized carbons (Fsp3) is 0.500. The minimum absolute atomic E-state index is 0.0996. The fourth-order valence-electron chi connectivity index (χ4n) is 1.30. The number of hydrogen-bond acceptors (Lipinski definition) is 2. The summed E-state index contributed by atoms with van der Waals surface area (Å²) in [6, 6.07) is 4.97. The summed E-state index contributed by atoms with van der Waals surface area (Å²) < 4.78 is 0. The lowest BCUT2D eigenvalue weighted by Gasteiger charge is -2.22. The highest BCUT2D eigenvalue weighted by Crippen LogP contribution is 2.19. The van der Waals surface area contributed by atoms with Crippen LogP contribution in [0, 0.1) is 12.3 Å². The molecule has 0 aliphatic heterocycles. The molecule has 94 valence electrons. The zero-order valence-electron chi connectivity index (χ0n) is 11.0. The van der Waals surface area contributed by atoms with Crippen LogP contribution in [0.4, 0.5) is 0 Å². The van der Waals surface area contributed by atoms with Gasteiger partial charge in [0.2, 0.25) is 0 Å². The van der Waals surface area contributed by atoms with Gasteiger partial charge in [0.05, 0.1) is 0 Å². The largest absolute Gasteiger partial charge is 0.508 e. The Morgan fingerprint density at radius 3 is 2.59 bits per heavy atom. The lowest BCUT2D eigenvalue weighted by Crippen LogP contribution is -2.33. The molecular formula is C14H21NO2. The third-order valence-electron chi connectivity index (χ3n) is 3.16. The summed E-state index contributed by atoms with van der Waals surface area (Å²) in [6.07, 6.45) is 1.01. The third kappa shape index (κ3) is 3.77. The molecule has 0 radical (unpaired) electrons. The van der Waals surface area contributed by atoms with Crippen LogP contribution in [0.15, 0.2) is 18.2 Å². The van der Waals surface area contributed by atoms with Gasteiger partial charge in [-0.05, 0) is 36.5 Å². The Kier molecular flexibility index (Phi) is 4.16. The zero-order valence-corrected chi connectivity index (χ0v) is 11.0. The van der Waals surface area contributed by atoms with Crippen molar-refractivity contribution in [2.24, 2.45) is 5.41 Å². The first-order valence-corrected chi connectivity index (χ1v) is 5.93. The molecule has 0 aliphatic rings. The van der Waals surface area contributed by atoms with Crippen LogP contribution in [0.1, 0.15) is 43.1 Å². The average Bonchev–Trinajstić information content (AvgIpc) is 2.30. The number of nitrogens with one attached hydrogen (secondary N) is 1. The monoisotopic (exact) mass is 235 g/mol. The van der Waals surface area contributed by atoms with Gasteiger partial charge in [0.15, 0.2) is 0 Å². The second-order valence-corrected chi connectivity index (χ2v) is 5.20. The third-order valence-corrected chi connectivity index (χ3v) is 3.16. The molecule has 0 saturated carbocycles. The number of phenolic OH excluding ortho intramolecular Hbond substituents is 1. The number of carbonyl (C=O) groups excluding carboxylic acids is 1. The maximum absolute atomic E-state index is 11.8. The molecule has 0 bridgehead atoms. The van der Waals surface area contributed by atoms with E-state index in [2.05, 4.69) is 26.1 Å². The van der Waals surface area contributed by atoms with Gasteiger partial charge in [0.1, 0.15) is 5.75 Å². The lowest BCUT2D eigenvalue weighted by atomic mass is 9.90. The second-order valence-electron chi connectivity index (χ2n) is 5.20. The number of aromatic hydroxyl groups is 1. The van der Waals surface area contributed by atoms with E-state index >= 15 is 0 Å². The Morgan fingerprint density at radius 1 is 1.41 bits per heavy atom. The summed E-state index contributed by atoms with van der Waals surface area (Å²) in [5.74, 6) is 0.0224. The number of rotatable bonds is 4. The highest BCUT2D eigenvalue weighted by Gasteiger charge is 2.16. The number of aryl methyl sites for hydroxylation is 1. The Hall–Kier alpha value is -1.51. The minimum Gasteiger partial charge on any atom is -0.508 e. The maximum atomic E-state index is 11.8. The Bertz CT molecular complexity index is 411. The molecule has 3 nitrogen and oxygen atoms in total. The van der Waals surface area contributed by atoms with Gasteiger partial charge in [-0.2, -0.15) is 0 Å². The summed E-state index contributed by atoms with van der Waals surface area (Å²) in [7, 11) is 0. The van der Waals surface area contributed by atoms with Crippen LogP contribution in [0.25, 0.3) is 0 Å². The van der Waals surface area contributed by atoms with Crippen molar-refractivity contribution in [1.82, 2.24) is 5.32 Å². The number of amides is 1. The van der Waals surface area contributed by atoms with E-state index in [1.165, 1.54) is 6.07 Å². The van der Waals surface area contributed by atoms with Gasteiger partial charge in [0.25, 0.3) is 5.91 Å². The molecule has 0 heterocycles. The molecule has 0 unspecified atom stereocenters. The molecule has 0 spiro atoms. The fourth-order valence-corrected chi connectivity index (χ4v) is 1.30. The smallest absolute Gasteiger partial charge is 0.251 e. The van der Waals surface area contributed by atoms with Crippen LogP contribution in [0.2, 0.25) is 0 Å². The Balaban J connectivity index is 2.68. The molecule has 0 aromatic heterocycles. The number of phenols is 1. The summed E-state index contributed by atoms with van der Waals surface area (Å²) in [6.45, 7) is 8.76. The van der Waals surface area contributed by atoms with E-state index in [1.807, 2.05) is 0 Å². The number of hydrogen-bond donors (Lipinski definition) is 2. The molecule has 1 amide bonds. The van der Waals surface area contributed by atoms with Crippen LogP contribution >= 0.6 is 0 Å². The standard InChI is InChI=1S/C14H21NO2/c1-5-14(3,4)9-15-13(17)11-7-6-10(2)12(16)8-11/h6-8,16H,5,9H2,1-4H3,(H,15,17). The van der Waals surface area contributed by atoms with Crippen molar-refractivity contribution in [1.29, 1.82) is 0 Å². The topological polar surface area (TPSA) is 49.3 Å². The van der Waals surface area contributed by atoms with Crippen LogP contribution < -0.4 is 5.32 Å². The molecule has 0 fully saturated rings. The first kappa shape index (κ1) is 13.6. The van der Waals surface area contributed by atoms with E-state index < -0.39 is 0 Å². The molecular weight excluding hydrogens is 214 g/mol. The van der Waals surface area contributed by atoms with E-state index in [0.29, 0.717) is 12.1 Å². The molecule has 1 rings (SSSR count). The van der Waals surface area contributed by atoms with Crippen molar-refractivity contribution < 1.29 is 9.90 Å². The average molecular weight is 235 g/mol.